The van der Waals surface area contributed by atoms with Crippen molar-refractivity contribution in [2.75, 3.05) is 13.1 Å². The molecule has 1 aliphatic carbocycles. The van der Waals surface area contributed by atoms with E-state index < -0.39 is 0 Å². The number of aromatic nitrogens is 1. The highest BCUT2D eigenvalue weighted by Gasteiger charge is 2.48. The highest BCUT2D eigenvalue weighted by atomic mass is 16.6. The smallest absolute Gasteiger partial charge is 0.279 e. The number of non-ortho nitro benzene ring substituents is 1. The third-order valence-electron chi connectivity index (χ3n) is 7.94. The van der Waals surface area contributed by atoms with Crippen LogP contribution in [0.3, 0.4) is 0 Å². The van der Waals surface area contributed by atoms with Crippen LogP contribution >= 0.6 is 0 Å². The molecule has 4 aromatic rings. The van der Waals surface area contributed by atoms with Crippen molar-refractivity contribution in [1.82, 2.24) is 9.88 Å². The Labute approximate surface area is 198 Å². The van der Waals surface area contributed by atoms with Gasteiger partial charge in [0.2, 0.25) is 0 Å². The summed E-state index contributed by atoms with van der Waals surface area (Å²) in [6.45, 7) is 2.78. The minimum Gasteiger partial charge on any atom is -0.508 e. The molecule has 1 aliphatic heterocycles. The number of fused-ring (bicyclic) bond motifs is 4. The van der Waals surface area contributed by atoms with E-state index >= 15 is 0 Å². The van der Waals surface area contributed by atoms with Gasteiger partial charge in [0.15, 0.2) is 0 Å². The quantitative estimate of drug-likeness (QED) is 0.323. The Bertz CT molecular complexity index is 1380. The summed E-state index contributed by atoms with van der Waals surface area (Å²) in [6, 6.07) is 23.5. The zero-order valence-electron chi connectivity index (χ0n) is 18.9. The molecule has 2 N–H and O–H groups in total. The van der Waals surface area contributed by atoms with E-state index in [0.717, 1.165) is 66.6 Å². The van der Waals surface area contributed by atoms with Gasteiger partial charge in [-0.15, -0.1) is 0 Å². The molecule has 2 aliphatic rings. The van der Waals surface area contributed by atoms with Crippen LogP contribution in [0.4, 0.5) is 5.69 Å². The van der Waals surface area contributed by atoms with Crippen molar-refractivity contribution in [3.8, 4) is 5.75 Å². The Hall–Kier alpha value is -3.64. The normalized spacial score (nSPS) is 22.3. The lowest BCUT2D eigenvalue weighted by Crippen LogP contribution is -2.53. The zero-order valence-corrected chi connectivity index (χ0v) is 18.9. The number of aromatic hydroxyl groups is 1. The number of nitrogens with zero attached hydrogens (tertiary/aromatic N) is 2. The number of nitro groups is 1. The lowest BCUT2D eigenvalue weighted by Gasteiger charge is -2.51. The van der Waals surface area contributed by atoms with Crippen molar-refractivity contribution in [1.29, 1.82) is 0 Å². The van der Waals surface area contributed by atoms with Gasteiger partial charge < -0.3 is 10.1 Å². The first-order valence-electron chi connectivity index (χ1n) is 11.9. The fourth-order valence-electron chi connectivity index (χ4n) is 6.36. The van der Waals surface area contributed by atoms with E-state index in [9.17, 15) is 15.2 Å². The number of hydrogen-bond acceptors (Lipinski definition) is 4. The monoisotopic (exact) mass is 453 g/mol. The molecule has 0 spiro atoms. The maximum Gasteiger partial charge on any atom is 0.279 e. The standard InChI is InChI=1S/C28H27N3O3/c32-22-9-4-8-20(14-22)28-12-13-30(17-19-6-2-1-3-7-19)18-21(28)15-23-25(16-28)29-24-10-5-11-26(27(23)24)31(33)34/h1-11,14,21,29,32H,12-13,15-18H2/t21?,28-/m0/s1. The molecule has 34 heavy (non-hydrogen) atoms. The molecule has 1 aromatic heterocycles. The highest BCUT2D eigenvalue weighted by molar-refractivity contribution is 5.93. The molecule has 3 aromatic carbocycles. The number of H-pyrrole nitrogens is 1. The van der Waals surface area contributed by atoms with Crippen molar-refractivity contribution in [3.05, 3.63) is 105 Å². The van der Waals surface area contributed by atoms with E-state index in [1.54, 1.807) is 18.2 Å². The van der Waals surface area contributed by atoms with Crippen LogP contribution in [0.1, 0.15) is 28.8 Å². The first kappa shape index (κ1) is 20.9. The number of hydrogen-bond donors (Lipinski definition) is 2. The maximum atomic E-state index is 11.8. The van der Waals surface area contributed by atoms with Gasteiger partial charge in [-0.2, -0.15) is 0 Å². The average Bonchev–Trinajstić information content (AvgIpc) is 3.20. The first-order valence-corrected chi connectivity index (χ1v) is 11.9. The number of aromatic amines is 1. The Morgan fingerprint density at radius 2 is 1.91 bits per heavy atom. The van der Waals surface area contributed by atoms with Gasteiger partial charge in [0.1, 0.15) is 5.75 Å². The SMILES string of the molecule is O=[N+]([O-])c1cccc2[nH]c3c(c12)CC1CN(Cc2ccccc2)CC[C@@]1(c1cccc(O)c1)C3. The third-order valence-corrected chi connectivity index (χ3v) is 7.94. The molecule has 1 fully saturated rings. The van der Waals surface area contributed by atoms with E-state index in [-0.39, 0.29) is 27.7 Å². The minimum absolute atomic E-state index is 0.116. The molecule has 1 unspecified atom stereocenters. The van der Waals surface area contributed by atoms with Gasteiger partial charge in [0.05, 0.1) is 15.8 Å². The summed E-state index contributed by atoms with van der Waals surface area (Å²) in [5, 5.41) is 22.9. The van der Waals surface area contributed by atoms with Crippen LogP contribution in [-0.4, -0.2) is 33.0 Å². The van der Waals surface area contributed by atoms with Crippen LogP contribution in [0.25, 0.3) is 10.9 Å². The molecule has 2 heterocycles. The number of nitrogens with one attached hydrogen (secondary N) is 1. The molecule has 0 saturated carbocycles. The molecule has 0 amide bonds. The van der Waals surface area contributed by atoms with Crippen LogP contribution in [0.5, 0.6) is 5.75 Å². The maximum absolute atomic E-state index is 11.8. The second-order valence-corrected chi connectivity index (χ2v) is 9.79. The van der Waals surface area contributed by atoms with Gasteiger partial charge in [0, 0.05) is 30.3 Å². The summed E-state index contributed by atoms with van der Waals surface area (Å²) in [5.41, 5.74) is 5.54. The van der Waals surface area contributed by atoms with Gasteiger partial charge in [-0.1, -0.05) is 48.5 Å². The fraction of sp³-hybridized carbons (Fsp3) is 0.286. The highest BCUT2D eigenvalue weighted by Crippen LogP contribution is 2.50. The van der Waals surface area contributed by atoms with E-state index in [0.29, 0.717) is 0 Å². The minimum atomic E-state index is -0.268. The summed E-state index contributed by atoms with van der Waals surface area (Å²) in [4.78, 5) is 17.6. The van der Waals surface area contributed by atoms with E-state index in [1.165, 1.54) is 5.56 Å². The molecule has 1 saturated heterocycles. The molecule has 6 nitrogen and oxygen atoms in total. The average molecular weight is 454 g/mol. The predicted octanol–water partition coefficient (Wildman–Crippen LogP) is 5.34. The Morgan fingerprint density at radius 3 is 2.71 bits per heavy atom. The van der Waals surface area contributed by atoms with E-state index in [2.05, 4.69) is 40.2 Å². The van der Waals surface area contributed by atoms with Gasteiger partial charge in [0.25, 0.3) is 5.69 Å². The van der Waals surface area contributed by atoms with Crippen LogP contribution in [-0.2, 0) is 24.8 Å². The molecule has 2 atom stereocenters. The number of likely N-dealkylation sites (tertiary alicyclic amines) is 1. The number of piperidine rings is 1. The first-order chi connectivity index (χ1) is 16.5. The summed E-state index contributed by atoms with van der Waals surface area (Å²) in [7, 11) is 0. The van der Waals surface area contributed by atoms with Gasteiger partial charge in [-0.05, 0) is 66.6 Å². The van der Waals surface area contributed by atoms with Gasteiger partial charge in [-0.3, -0.25) is 15.0 Å². The van der Waals surface area contributed by atoms with Gasteiger partial charge >= 0.3 is 0 Å². The number of rotatable bonds is 4. The van der Waals surface area contributed by atoms with Crippen molar-refractivity contribution in [2.45, 2.75) is 31.2 Å². The Kier molecular flexibility index (Phi) is 4.92. The van der Waals surface area contributed by atoms with Crippen LogP contribution < -0.4 is 0 Å². The fourth-order valence-corrected chi connectivity index (χ4v) is 6.36. The second-order valence-electron chi connectivity index (χ2n) is 9.79. The molecule has 6 rings (SSSR count). The largest absolute Gasteiger partial charge is 0.508 e. The van der Waals surface area contributed by atoms with E-state index in [4.69, 9.17) is 0 Å². The summed E-state index contributed by atoms with van der Waals surface area (Å²) < 4.78 is 0. The summed E-state index contributed by atoms with van der Waals surface area (Å²) in [5.74, 6) is 0.577. The lowest BCUT2D eigenvalue weighted by atomic mass is 9.58. The third kappa shape index (κ3) is 3.37. The zero-order chi connectivity index (χ0) is 23.3. The van der Waals surface area contributed by atoms with Gasteiger partial charge in [-0.25, -0.2) is 0 Å². The molecule has 0 radical (unpaired) electrons. The van der Waals surface area contributed by atoms with Crippen molar-refractivity contribution < 1.29 is 10.0 Å². The number of nitro benzene ring substituents is 1. The Morgan fingerprint density at radius 1 is 1.09 bits per heavy atom. The summed E-state index contributed by atoms with van der Waals surface area (Å²) >= 11 is 0. The predicted molar refractivity (Wildman–Crippen MR) is 132 cm³/mol. The molecule has 172 valence electrons. The number of phenolic OH excluding ortho intramolecular Hbond substituents is 1. The molecular weight excluding hydrogens is 426 g/mol. The van der Waals surface area contributed by atoms with Crippen LogP contribution in [0, 0.1) is 16.0 Å². The summed E-state index contributed by atoms with van der Waals surface area (Å²) in [6.07, 6.45) is 2.55. The van der Waals surface area contributed by atoms with E-state index in [1.807, 2.05) is 24.3 Å². The molecule has 0 bridgehead atoms. The number of benzene rings is 3. The Balaban J connectivity index is 1.44. The second kappa shape index (κ2) is 7.99. The molecule has 6 heteroatoms. The van der Waals surface area contributed by atoms with Crippen molar-refractivity contribution >= 4 is 16.6 Å². The molecular formula is C28H27N3O3. The lowest BCUT2D eigenvalue weighted by molar-refractivity contribution is -0.383. The topological polar surface area (TPSA) is 82.4 Å². The van der Waals surface area contributed by atoms with Crippen LogP contribution in [0.2, 0.25) is 0 Å². The van der Waals surface area contributed by atoms with Crippen molar-refractivity contribution in [3.63, 3.8) is 0 Å². The van der Waals surface area contributed by atoms with Crippen molar-refractivity contribution in [2.24, 2.45) is 5.92 Å². The van der Waals surface area contributed by atoms with Crippen LogP contribution in [0.15, 0.2) is 72.8 Å². The number of phenols is 1.